The van der Waals surface area contributed by atoms with Gasteiger partial charge in [0.25, 0.3) is 5.91 Å². The summed E-state index contributed by atoms with van der Waals surface area (Å²) in [7, 11) is 0. The molecule has 0 bridgehead atoms. The minimum absolute atomic E-state index is 0.109. The SMILES string of the molecule is Cc1cc(C(=O)N2CCCC(CCO)C2)ccc1Br. The molecule has 1 unspecified atom stereocenters. The van der Waals surface area contributed by atoms with E-state index >= 15 is 0 Å². The highest BCUT2D eigenvalue weighted by atomic mass is 79.9. The lowest BCUT2D eigenvalue weighted by molar-refractivity contribution is 0.0653. The highest BCUT2D eigenvalue weighted by Gasteiger charge is 2.24. The molecule has 0 aliphatic carbocycles. The average molecular weight is 326 g/mol. The van der Waals surface area contributed by atoms with Crippen molar-refractivity contribution in [2.45, 2.75) is 26.2 Å². The minimum Gasteiger partial charge on any atom is -0.396 e. The lowest BCUT2D eigenvalue weighted by atomic mass is 9.94. The largest absolute Gasteiger partial charge is 0.396 e. The Bertz CT molecular complexity index is 459. The summed E-state index contributed by atoms with van der Waals surface area (Å²) in [6, 6.07) is 5.73. The smallest absolute Gasteiger partial charge is 0.253 e. The summed E-state index contributed by atoms with van der Waals surface area (Å²) < 4.78 is 1.03. The Morgan fingerprint density at radius 3 is 3.00 bits per heavy atom. The number of benzene rings is 1. The van der Waals surface area contributed by atoms with Crippen molar-refractivity contribution in [2.75, 3.05) is 19.7 Å². The van der Waals surface area contributed by atoms with E-state index in [0.29, 0.717) is 5.92 Å². The number of halogens is 1. The Morgan fingerprint density at radius 2 is 2.32 bits per heavy atom. The van der Waals surface area contributed by atoms with Gasteiger partial charge in [0, 0.05) is 29.7 Å². The third kappa shape index (κ3) is 3.57. The van der Waals surface area contributed by atoms with E-state index in [1.165, 1.54) is 0 Å². The second kappa shape index (κ2) is 6.53. The lowest BCUT2D eigenvalue weighted by Gasteiger charge is -2.32. The van der Waals surface area contributed by atoms with Gasteiger partial charge in [0.1, 0.15) is 0 Å². The third-order valence-corrected chi connectivity index (χ3v) is 4.64. The second-order valence-corrected chi connectivity index (χ2v) is 6.09. The molecule has 1 saturated heterocycles. The molecule has 1 aliphatic rings. The molecule has 4 heteroatoms. The minimum atomic E-state index is 0.109. The van der Waals surface area contributed by atoms with E-state index in [9.17, 15) is 4.79 Å². The van der Waals surface area contributed by atoms with Crippen LogP contribution in [0.1, 0.15) is 35.2 Å². The van der Waals surface area contributed by atoms with E-state index in [1.54, 1.807) is 0 Å². The van der Waals surface area contributed by atoms with Crippen molar-refractivity contribution in [3.8, 4) is 0 Å². The molecule has 1 heterocycles. The van der Waals surface area contributed by atoms with E-state index < -0.39 is 0 Å². The van der Waals surface area contributed by atoms with Crippen molar-refractivity contribution < 1.29 is 9.90 Å². The van der Waals surface area contributed by atoms with Crippen LogP contribution in [0.4, 0.5) is 0 Å². The summed E-state index contributed by atoms with van der Waals surface area (Å²) in [5, 5.41) is 9.02. The topological polar surface area (TPSA) is 40.5 Å². The number of aliphatic hydroxyl groups excluding tert-OH is 1. The molecule has 1 atom stereocenters. The van der Waals surface area contributed by atoms with E-state index in [0.717, 1.165) is 48.0 Å². The Kier molecular flexibility index (Phi) is 4.99. The Hall–Kier alpha value is -0.870. The fourth-order valence-electron chi connectivity index (χ4n) is 2.63. The van der Waals surface area contributed by atoms with Gasteiger partial charge in [-0.2, -0.15) is 0 Å². The van der Waals surface area contributed by atoms with Crippen molar-refractivity contribution in [1.82, 2.24) is 4.90 Å². The first-order valence-electron chi connectivity index (χ1n) is 6.78. The molecule has 1 N–H and O–H groups in total. The maximum absolute atomic E-state index is 12.5. The number of piperidine rings is 1. The molecule has 1 fully saturated rings. The number of hydrogen-bond acceptors (Lipinski definition) is 2. The van der Waals surface area contributed by atoms with Crippen LogP contribution in [-0.4, -0.2) is 35.6 Å². The van der Waals surface area contributed by atoms with Gasteiger partial charge in [-0.15, -0.1) is 0 Å². The van der Waals surface area contributed by atoms with Crippen molar-refractivity contribution in [2.24, 2.45) is 5.92 Å². The molecule has 1 aromatic carbocycles. The zero-order valence-electron chi connectivity index (χ0n) is 11.2. The summed E-state index contributed by atoms with van der Waals surface area (Å²) in [4.78, 5) is 14.4. The maximum Gasteiger partial charge on any atom is 0.253 e. The van der Waals surface area contributed by atoms with Crippen LogP contribution >= 0.6 is 15.9 Å². The number of hydrogen-bond donors (Lipinski definition) is 1. The first-order valence-corrected chi connectivity index (χ1v) is 7.57. The van der Waals surface area contributed by atoms with Gasteiger partial charge in [-0.25, -0.2) is 0 Å². The normalized spacial score (nSPS) is 19.5. The van der Waals surface area contributed by atoms with Gasteiger partial charge in [0.05, 0.1) is 0 Å². The summed E-state index contributed by atoms with van der Waals surface area (Å²) in [6.45, 7) is 3.81. The third-order valence-electron chi connectivity index (χ3n) is 3.75. The van der Waals surface area contributed by atoms with Crippen LogP contribution in [0.5, 0.6) is 0 Å². The van der Waals surface area contributed by atoms with Gasteiger partial charge >= 0.3 is 0 Å². The monoisotopic (exact) mass is 325 g/mol. The molecule has 2 rings (SSSR count). The fraction of sp³-hybridized carbons (Fsp3) is 0.533. The van der Waals surface area contributed by atoms with Crippen LogP contribution in [0.25, 0.3) is 0 Å². The number of aliphatic hydroxyl groups is 1. The Balaban J connectivity index is 2.08. The summed E-state index contributed by atoms with van der Waals surface area (Å²) in [5.41, 5.74) is 1.83. The molecule has 0 aromatic heterocycles. The highest BCUT2D eigenvalue weighted by molar-refractivity contribution is 9.10. The van der Waals surface area contributed by atoms with Gasteiger partial charge in [0.2, 0.25) is 0 Å². The number of rotatable bonds is 3. The van der Waals surface area contributed by atoms with Crippen molar-refractivity contribution in [3.63, 3.8) is 0 Å². The number of nitrogens with zero attached hydrogens (tertiary/aromatic N) is 1. The van der Waals surface area contributed by atoms with Crippen molar-refractivity contribution in [1.29, 1.82) is 0 Å². The fourth-order valence-corrected chi connectivity index (χ4v) is 2.87. The summed E-state index contributed by atoms with van der Waals surface area (Å²) in [6.07, 6.45) is 2.94. The van der Waals surface area contributed by atoms with Crippen LogP contribution in [-0.2, 0) is 0 Å². The maximum atomic E-state index is 12.5. The predicted molar refractivity (Wildman–Crippen MR) is 79.2 cm³/mol. The zero-order valence-corrected chi connectivity index (χ0v) is 12.8. The molecule has 104 valence electrons. The van der Waals surface area contributed by atoms with Crippen molar-refractivity contribution >= 4 is 21.8 Å². The van der Waals surface area contributed by atoms with Crippen LogP contribution in [0.3, 0.4) is 0 Å². The zero-order chi connectivity index (χ0) is 13.8. The number of carbonyl (C=O) groups is 1. The molecular weight excluding hydrogens is 306 g/mol. The number of likely N-dealkylation sites (tertiary alicyclic amines) is 1. The number of amides is 1. The second-order valence-electron chi connectivity index (χ2n) is 5.24. The molecule has 0 spiro atoms. The lowest BCUT2D eigenvalue weighted by Crippen LogP contribution is -2.40. The van der Waals surface area contributed by atoms with Crippen LogP contribution in [0, 0.1) is 12.8 Å². The van der Waals surface area contributed by atoms with Gasteiger partial charge < -0.3 is 10.0 Å². The van der Waals surface area contributed by atoms with E-state index in [2.05, 4.69) is 15.9 Å². The molecule has 0 saturated carbocycles. The molecule has 1 aromatic rings. The van der Waals surface area contributed by atoms with E-state index in [-0.39, 0.29) is 12.5 Å². The molecule has 19 heavy (non-hydrogen) atoms. The first kappa shape index (κ1) is 14.5. The molecule has 3 nitrogen and oxygen atoms in total. The Labute approximate surface area is 122 Å². The van der Waals surface area contributed by atoms with Crippen LogP contribution < -0.4 is 0 Å². The van der Waals surface area contributed by atoms with Gasteiger partial charge in [-0.05, 0) is 55.9 Å². The first-order chi connectivity index (χ1) is 9.11. The van der Waals surface area contributed by atoms with Crippen LogP contribution in [0.2, 0.25) is 0 Å². The quantitative estimate of drug-likeness (QED) is 0.928. The molecule has 1 aliphatic heterocycles. The van der Waals surface area contributed by atoms with E-state index in [4.69, 9.17) is 5.11 Å². The predicted octanol–water partition coefficient (Wildman–Crippen LogP) is 2.99. The Morgan fingerprint density at radius 1 is 1.53 bits per heavy atom. The van der Waals surface area contributed by atoms with Gasteiger partial charge in [0.15, 0.2) is 0 Å². The molecule has 1 amide bonds. The average Bonchev–Trinajstić information content (AvgIpc) is 2.42. The number of aryl methyl sites for hydroxylation is 1. The summed E-state index contributed by atoms with van der Waals surface area (Å²) >= 11 is 3.45. The molecule has 0 radical (unpaired) electrons. The van der Waals surface area contributed by atoms with Gasteiger partial charge in [-0.3, -0.25) is 4.79 Å². The highest BCUT2D eigenvalue weighted by Crippen LogP contribution is 2.23. The molecular formula is C15H20BrNO2. The number of carbonyl (C=O) groups excluding carboxylic acids is 1. The van der Waals surface area contributed by atoms with Crippen molar-refractivity contribution in [3.05, 3.63) is 33.8 Å². The van der Waals surface area contributed by atoms with Gasteiger partial charge in [-0.1, -0.05) is 15.9 Å². The summed E-state index contributed by atoms with van der Waals surface area (Å²) in [5.74, 6) is 0.553. The standard InChI is InChI=1S/C15H20BrNO2/c1-11-9-13(4-5-14(11)16)15(19)17-7-2-3-12(10-17)6-8-18/h4-5,9,12,18H,2-3,6-8,10H2,1H3. The van der Waals surface area contributed by atoms with E-state index in [1.807, 2.05) is 30.0 Å². The van der Waals surface area contributed by atoms with Crippen LogP contribution in [0.15, 0.2) is 22.7 Å².